The fourth-order valence-corrected chi connectivity index (χ4v) is 1.99. The predicted molar refractivity (Wildman–Crippen MR) is 46.7 cm³/mol. The van der Waals surface area contributed by atoms with E-state index in [-0.39, 0.29) is 17.9 Å². The first-order valence-corrected chi connectivity index (χ1v) is 4.61. The fourth-order valence-electron chi connectivity index (χ4n) is 1.99. The molecule has 0 aromatic rings. The lowest BCUT2D eigenvalue weighted by Crippen LogP contribution is -2.39. The summed E-state index contributed by atoms with van der Waals surface area (Å²) in [5.74, 6) is -0.797. The van der Waals surface area contributed by atoms with Crippen LogP contribution in [-0.2, 0) is 4.79 Å². The lowest BCUT2D eigenvalue weighted by Gasteiger charge is -2.31. The fraction of sp³-hybridized carbons (Fsp3) is 0.889. The maximum Gasteiger partial charge on any atom is 0.306 e. The van der Waals surface area contributed by atoms with Crippen LogP contribution in [0.15, 0.2) is 0 Å². The molecular weight excluding hydrogens is 154 g/mol. The summed E-state index contributed by atoms with van der Waals surface area (Å²) in [6.07, 6.45) is 4.26. The highest BCUT2D eigenvalue weighted by Crippen LogP contribution is 2.29. The Hall–Kier alpha value is -0.570. The average molecular weight is 171 g/mol. The van der Waals surface area contributed by atoms with Crippen molar-refractivity contribution < 1.29 is 9.90 Å². The lowest BCUT2D eigenvalue weighted by atomic mass is 9.77. The zero-order chi connectivity index (χ0) is 9.14. The first-order chi connectivity index (χ1) is 5.63. The van der Waals surface area contributed by atoms with E-state index in [0.29, 0.717) is 0 Å². The van der Waals surface area contributed by atoms with Gasteiger partial charge in [-0.15, -0.1) is 0 Å². The number of carbonyl (C=O) groups is 1. The molecule has 0 spiro atoms. The van der Waals surface area contributed by atoms with Gasteiger partial charge in [0.05, 0.1) is 5.92 Å². The molecule has 1 aliphatic rings. The Balaban J connectivity index is 2.53. The zero-order valence-electron chi connectivity index (χ0n) is 7.49. The van der Waals surface area contributed by atoms with Crippen molar-refractivity contribution in [3.63, 3.8) is 0 Å². The zero-order valence-corrected chi connectivity index (χ0v) is 7.49. The average Bonchev–Trinajstić information content (AvgIpc) is 2.04. The molecule has 0 saturated heterocycles. The van der Waals surface area contributed by atoms with Crippen LogP contribution in [0.2, 0.25) is 0 Å². The summed E-state index contributed by atoms with van der Waals surface area (Å²) in [6, 6.07) is 0.102. The summed E-state index contributed by atoms with van der Waals surface area (Å²) in [4.78, 5) is 10.7. The van der Waals surface area contributed by atoms with Crippen molar-refractivity contribution >= 4 is 5.97 Å². The number of nitrogens with two attached hydrogens (primary N) is 1. The molecule has 0 heterocycles. The Morgan fingerprint density at radius 2 is 2.08 bits per heavy atom. The van der Waals surface area contributed by atoms with Crippen LogP contribution < -0.4 is 5.73 Å². The highest BCUT2D eigenvalue weighted by atomic mass is 16.4. The summed E-state index contributed by atoms with van der Waals surface area (Å²) in [7, 11) is 0. The van der Waals surface area contributed by atoms with Gasteiger partial charge in [0, 0.05) is 6.04 Å². The quantitative estimate of drug-likeness (QED) is 0.656. The minimum atomic E-state index is -0.711. The molecule has 12 heavy (non-hydrogen) atoms. The molecule has 0 radical (unpaired) electrons. The molecule has 0 aromatic heterocycles. The number of rotatable bonds is 2. The first-order valence-electron chi connectivity index (χ1n) is 4.61. The number of carboxylic acids is 1. The molecule has 0 aromatic carbocycles. The normalized spacial score (nSPS) is 32.8. The highest BCUT2D eigenvalue weighted by Gasteiger charge is 2.30. The maximum absolute atomic E-state index is 10.7. The third-order valence-corrected chi connectivity index (χ3v) is 2.91. The predicted octanol–water partition coefficient (Wildman–Crippen LogP) is 1.22. The molecule has 70 valence electrons. The van der Waals surface area contributed by atoms with Gasteiger partial charge in [0.1, 0.15) is 0 Å². The third kappa shape index (κ3) is 1.97. The van der Waals surface area contributed by atoms with E-state index < -0.39 is 5.97 Å². The molecular formula is C9H17NO2. The smallest absolute Gasteiger partial charge is 0.306 e. The van der Waals surface area contributed by atoms with E-state index in [1.807, 2.05) is 0 Å². The largest absolute Gasteiger partial charge is 0.481 e. The van der Waals surface area contributed by atoms with Crippen LogP contribution in [0, 0.1) is 11.8 Å². The van der Waals surface area contributed by atoms with Crippen LogP contribution in [0.25, 0.3) is 0 Å². The summed E-state index contributed by atoms with van der Waals surface area (Å²) >= 11 is 0. The Labute approximate surface area is 72.9 Å². The van der Waals surface area contributed by atoms with Gasteiger partial charge < -0.3 is 10.8 Å². The van der Waals surface area contributed by atoms with Crippen LogP contribution in [0.1, 0.15) is 32.6 Å². The molecule has 0 aliphatic heterocycles. The third-order valence-electron chi connectivity index (χ3n) is 2.91. The number of hydrogen-bond acceptors (Lipinski definition) is 2. The molecule has 1 aliphatic carbocycles. The van der Waals surface area contributed by atoms with E-state index in [1.54, 1.807) is 6.92 Å². The van der Waals surface area contributed by atoms with Crippen molar-refractivity contribution in [3.05, 3.63) is 0 Å². The van der Waals surface area contributed by atoms with E-state index >= 15 is 0 Å². The van der Waals surface area contributed by atoms with E-state index in [2.05, 4.69) is 0 Å². The van der Waals surface area contributed by atoms with Crippen LogP contribution in [-0.4, -0.2) is 17.1 Å². The summed E-state index contributed by atoms with van der Waals surface area (Å²) < 4.78 is 0. The maximum atomic E-state index is 10.7. The Kier molecular flexibility index (Phi) is 3.09. The Bertz CT molecular complexity index is 170. The van der Waals surface area contributed by atoms with Crippen molar-refractivity contribution in [1.82, 2.24) is 0 Å². The van der Waals surface area contributed by atoms with Gasteiger partial charge in [-0.3, -0.25) is 4.79 Å². The standard InChI is InChI=1S/C9H17NO2/c1-6(9(11)12)7-4-2-3-5-8(7)10/h6-8H,2-5,10H2,1H3,(H,11,12)/t6-,7-,8+/m0/s1. The topological polar surface area (TPSA) is 63.3 Å². The Morgan fingerprint density at radius 3 is 2.58 bits per heavy atom. The van der Waals surface area contributed by atoms with Gasteiger partial charge in [0.15, 0.2) is 0 Å². The monoisotopic (exact) mass is 171 g/mol. The molecule has 3 atom stereocenters. The lowest BCUT2D eigenvalue weighted by molar-refractivity contribution is -0.143. The molecule has 0 amide bonds. The SMILES string of the molecule is C[C@H](C(=O)O)[C@@H]1CCCC[C@H]1N. The van der Waals surface area contributed by atoms with Gasteiger partial charge in [0.2, 0.25) is 0 Å². The summed E-state index contributed by atoms with van der Waals surface area (Å²) in [5, 5.41) is 8.80. The minimum absolute atomic E-state index is 0.102. The molecule has 3 N–H and O–H groups in total. The van der Waals surface area contributed by atoms with Crippen molar-refractivity contribution in [2.24, 2.45) is 17.6 Å². The van der Waals surface area contributed by atoms with Gasteiger partial charge in [-0.25, -0.2) is 0 Å². The van der Waals surface area contributed by atoms with Crippen LogP contribution in [0.5, 0.6) is 0 Å². The van der Waals surface area contributed by atoms with Gasteiger partial charge in [-0.1, -0.05) is 19.8 Å². The summed E-state index contributed by atoms with van der Waals surface area (Å²) in [6.45, 7) is 1.76. The van der Waals surface area contributed by atoms with Gasteiger partial charge in [-0.05, 0) is 18.8 Å². The number of hydrogen-bond donors (Lipinski definition) is 2. The van der Waals surface area contributed by atoms with Crippen LogP contribution in [0.3, 0.4) is 0 Å². The highest BCUT2D eigenvalue weighted by molar-refractivity contribution is 5.70. The van der Waals surface area contributed by atoms with Crippen molar-refractivity contribution in [2.75, 3.05) is 0 Å². The molecule has 1 fully saturated rings. The second-order valence-corrected chi connectivity index (χ2v) is 3.74. The van der Waals surface area contributed by atoms with E-state index in [0.717, 1.165) is 25.7 Å². The second kappa shape index (κ2) is 3.90. The molecule has 3 nitrogen and oxygen atoms in total. The van der Waals surface area contributed by atoms with Crippen molar-refractivity contribution in [3.8, 4) is 0 Å². The number of carboxylic acid groups (broad SMARTS) is 1. The van der Waals surface area contributed by atoms with Crippen molar-refractivity contribution in [2.45, 2.75) is 38.6 Å². The first kappa shape index (κ1) is 9.52. The van der Waals surface area contributed by atoms with E-state index in [4.69, 9.17) is 10.8 Å². The Morgan fingerprint density at radius 1 is 1.50 bits per heavy atom. The minimum Gasteiger partial charge on any atom is -0.481 e. The van der Waals surface area contributed by atoms with Gasteiger partial charge in [-0.2, -0.15) is 0 Å². The molecule has 0 bridgehead atoms. The van der Waals surface area contributed by atoms with Gasteiger partial charge >= 0.3 is 5.97 Å². The molecule has 1 saturated carbocycles. The van der Waals surface area contributed by atoms with E-state index in [9.17, 15) is 4.79 Å². The molecule has 1 rings (SSSR count). The molecule has 0 unspecified atom stereocenters. The summed E-state index contributed by atoms with van der Waals surface area (Å²) in [5.41, 5.74) is 5.85. The van der Waals surface area contributed by atoms with Crippen molar-refractivity contribution in [1.29, 1.82) is 0 Å². The van der Waals surface area contributed by atoms with Gasteiger partial charge in [0.25, 0.3) is 0 Å². The van der Waals surface area contributed by atoms with Crippen LogP contribution >= 0.6 is 0 Å². The number of aliphatic carboxylic acids is 1. The molecule has 3 heteroatoms. The van der Waals surface area contributed by atoms with Crippen LogP contribution in [0.4, 0.5) is 0 Å². The second-order valence-electron chi connectivity index (χ2n) is 3.74. The van der Waals surface area contributed by atoms with E-state index in [1.165, 1.54) is 0 Å².